The molecule has 1 amide bonds. The van der Waals surface area contributed by atoms with E-state index in [1.165, 1.54) is 17.1 Å². The van der Waals surface area contributed by atoms with Crippen molar-refractivity contribution in [2.45, 2.75) is 72.1 Å². The fraction of sp³-hybridized carbons (Fsp3) is 0.500. The van der Waals surface area contributed by atoms with Crippen molar-refractivity contribution in [2.24, 2.45) is 11.3 Å². The normalized spacial score (nSPS) is 18.1. The molecular formula is C26H28F2N6O2S. The molecule has 2 aliphatic rings. The van der Waals surface area contributed by atoms with Crippen LogP contribution >= 0.6 is 11.3 Å². The van der Waals surface area contributed by atoms with E-state index >= 15 is 0 Å². The van der Waals surface area contributed by atoms with Gasteiger partial charge in [0.25, 0.3) is 17.9 Å². The maximum atomic E-state index is 13.7. The number of aromatic nitrogens is 5. The Morgan fingerprint density at radius 1 is 1.22 bits per heavy atom. The van der Waals surface area contributed by atoms with Gasteiger partial charge in [0.2, 0.25) is 0 Å². The van der Waals surface area contributed by atoms with Crippen molar-refractivity contribution in [3.8, 4) is 0 Å². The predicted molar refractivity (Wildman–Crippen MR) is 137 cm³/mol. The minimum Gasteiger partial charge on any atom is -0.267 e. The lowest BCUT2D eigenvalue weighted by atomic mass is 9.72. The molecule has 8 nitrogen and oxygen atoms in total. The van der Waals surface area contributed by atoms with Gasteiger partial charge in [0.05, 0.1) is 11.6 Å². The molecule has 37 heavy (non-hydrogen) atoms. The summed E-state index contributed by atoms with van der Waals surface area (Å²) in [5, 5.41) is 4.55. The molecule has 4 aromatic rings. The number of halogens is 2. The SMILES string of the molecule is Cc1nc2sc3c(c2c(=O)n1NC(=O)c1cnn2c(C(F)F)cc(C4CC4)nc12)CC[C@@H](C(C)(C)C)C3. The molecule has 194 valence electrons. The summed E-state index contributed by atoms with van der Waals surface area (Å²) in [4.78, 5) is 37.9. The Balaban J connectivity index is 1.39. The zero-order valence-electron chi connectivity index (χ0n) is 21.1. The fourth-order valence-corrected chi connectivity index (χ4v) is 6.60. The smallest absolute Gasteiger partial charge is 0.267 e. The lowest BCUT2D eigenvalue weighted by molar-refractivity contribution is 0.101. The van der Waals surface area contributed by atoms with Gasteiger partial charge in [0, 0.05) is 16.5 Å². The number of aryl methyl sites for hydroxylation is 2. The number of carbonyl (C=O) groups is 1. The molecule has 4 aromatic heterocycles. The molecule has 1 saturated carbocycles. The maximum Gasteiger partial charge on any atom is 0.281 e. The number of alkyl halides is 2. The predicted octanol–water partition coefficient (Wildman–Crippen LogP) is 5.16. The number of hydrogen-bond donors (Lipinski definition) is 1. The number of carbonyl (C=O) groups excluding carboxylic acids is 1. The third kappa shape index (κ3) is 4.03. The molecule has 0 saturated heterocycles. The maximum absolute atomic E-state index is 13.7. The van der Waals surface area contributed by atoms with E-state index in [1.807, 2.05) is 0 Å². The molecule has 4 heterocycles. The van der Waals surface area contributed by atoms with Gasteiger partial charge in [-0.15, -0.1) is 11.3 Å². The van der Waals surface area contributed by atoms with E-state index in [1.54, 1.807) is 18.3 Å². The van der Waals surface area contributed by atoms with E-state index < -0.39 is 12.3 Å². The van der Waals surface area contributed by atoms with Gasteiger partial charge in [-0.05, 0) is 62.0 Å². The summed E-state index contributed by atoms with van der Waals surface area (Å²) in [6.07, 6.45) is 2.90. The van der Waals surface area contributed by atoms with Crippen LogP contribution in [0.15, 0.2) is 17.1 Å². The summed E-state index contributed by atoms with van der Waals surface area (Å²) in [5.74, 6) is 0.331. The summed E-state index contributed by atoms with van der Waals surface area (Å²) in [7, 11) is 0. The van der Waals surface area contributed by atoms with Crippen molar-refractivity contribution in [1.82, 2.24) is 24.3 Å². The summed E-state index contributed by atoms with van der Waals surface area (Å²) >= 11 is 1.56. The molecule has 0 bridgehead atoms. The van der Waals surface area contributed by atoms with E-state index in [-0.39, 0.29) is 33.8 Å². The van der Waals surface area contributed by atoms with Crippen LogP contribution in [0.5, 0.6) is 0 Å². The van der Waals surface area contributed by atoms with Gasteiger partial charge in [-0.1, -0.05) is 20.8 Å². The fourth-order valence-electron chi connectivity index (χ4n) is 5.27. The minimum absolute atomic E-state index is 0.0242. The molecule has 11 heteroatoms. The van der Waals surface area contributed by atoms with Gasteiger partial charge in [-0.2, -0.15) is 5.10 Å². The standard InChI is InChI=1S/C26H28F2N6O2S/c1-12-30-24-20(15-8-7-14(26(2,3)4)9-19(15)37-24)25(36)33(12)32-23(35)16-11-29-34-18(21(27)28)10-17(13-5-6-13)31-22(16)34/h10-11,13-14,21H,5-9H2,1-4H3,(H,32,35)/t14-/m1/s1. The Morgan fingerprint density at radius 2 is 1.97 bits per heavy atom. The third-order valence-electron chi connectivity index (χ3n) is 7.67. The molecule has 0 aromatic carbocycles. The second kappa shape index (κ2) is 8.41. The Bertz CT molecular complexity index is 1630. The van der Waals surface area contributed by atoms with Gasteiger partial charge in [-0.3, -0.25) is 15.0 Å². The Kier molecular flexibility index (Phi) is 5.48. The number of amides is 1. The van der Waals surface area contributed by atoms with Crippen molar-refractivity contribution in [2.75, 3.05) is 5.43 Å². The monoisotopic (exact) mass is 526 g/mol. The van der Waals surface area contributed by atoms with E-state index in [4.69, 9.17) is 0 Å². The van der Waals surface area contributed by atoms with Gasteiger partial charge < -0.3 is 0 Å². The molecule has 1 fully saturated rings. The highest BCUT2D eigenvalue weighted by atomic mass is 32.1. The van der Waals surface area contributed by atoms with Crippen LogP contribution in [0.4, 0.5) is 8.78 Å². The molecule has 1 atom stereocenters. The Labute approximate surface area is 215 Å². The second-order valence-electron chi connectivity index (χ2n) is 11.2. The second-order valence-corrected chi connectivity index (χ2v) is 12.3. The average molecular weight is 527 g/mol. The Hall–Kier alpha value is -3.21. The van der Waals surface area contributed by atoms with Crippen molar-refractivity contribution >= 4 is 33.1 Å². The van der Waals surface area contributed by atoms with Crippen LogP contribution in [0.1, 0.15) is 90.4 Å². The van der Waals surface area contributed by atoms with Crippen LogP contribution in [-0.2, 0) is 12.8 Å². The largest absolute Gasteiger partial charge is 0.281 e. The van der Waals surface area contributed by atoms with Gasteiger partial charge in [0.1, 0.15) is 21.9 Å². The lowest BCUT2D eigenvalue weighted by Gasteiger charge is -2.33. The highest BCUT2D eigenvalue weighted by Crippen LogP contribution is 2.42. The first-order chi connectivity index (χ1) is 17.5. The van der Waals surface area contributed by atoms with E-state index in [9.17, 15) is 18.4 Å². The number of fused-ring (bicyclic) bond motifs is 4. The van der Waals surface area contributed by atoms with E-state index in [2.05, 4.69) is 41.3 Å². The molecule has 2 aliphatic carbocycles. The topological polar surface area (TPSA) is 94.2 Å². The molecule has 6 rings (SSSR count). The van der Waals surface area contributed by atoms with Gasteiger partial charge >= 0.3 is 0 Å². The Morgan fingerprint density at radius 3 is 2.65 bits per heavy atom. The highest BCUT2D eigenvalue weighted by molar-refractivity contribution is 7.18. The van der Waals surface area contributed by atoms with Crippen LogP contribution in [0.2, 0.25) is 0 Å². The zero-order chi connectivity index (χ0) is 26.2. The summed E-state index contributed by atoms with van der Waals surface area (Å²) in [6.45, 7) is 8.39. The summed E-state index contributed by atoms with van der Waals surface area (Å²) in [6, 6.07) is 1.36. The number of nitrogens with zero attached hydrogens (tertiary/aromatic N) is 5. The molecule has 0 radical (unpaired) electrons. The van der Waals surface area contributed by atoms with Crippen molar-refractivity contribution in [3.05, 3.63) is 55.8 Å². The average Bonchev–Trinajstić information content (AvgIpc) is 3.49. The van der Waals surface area contributed by atoms with Crippen LogP contribution in [0, 0.1) is 18.3 Å². The zero-order valence-corrected chi connectivity index (χ0v) is 22.0. The van der Waals surface area contributed by atoms with Crippen LogP contribution in [0.3, 0.4) is 0 Å². The van der Waals surface area contributed by atoms with Crippen LogP contribution < -0.4 is 11.0 Å². The number of thiophene rings is 1. The summed E-state index contributed by atoms with van der Waals surface area (Å²) < 4.78 is 29.6. The highest BCUT2D eigenvalue weighted by Gasteiger charge is 2.33. The first-order valence-electron chi connectivity index (χ1n) is 12.5. The van der Waals surface area contributed by atoms with Gasteiger partial charge in [-0.25, -0.2) is 27.9 Å². The summed E-state index contributed by atoms with van der Waals surface area (Å²) in [5.41, 5.74) is 3.81. The van der Waals surface area contributed by atoms with E-state index in [0.717, 1.165) is 46.9 Å². The number of hydrogen-bond acceptors (Lipinski definition) is 6. The van der Waals surface area contributed by atoms with E-state index in [0.29, 0.717) is 27.7 Å². The van der Waals surface area contributed by atoms with Crippen LogP contribution in [0.25, 0.3) is 15.9 Å². The first-order valence-corrected chi connectivity index (χ1v) is 13.4. The first kappa shape index (κ1) is 24.1. The molecule has 0 spiro atoms. The third-order valence-corrected chi connectivity index (χ3v) is 8.82. The van der Waals surface area contributed by atoms with Crippen molar-refractivity contribution < 1.29 is 13.6 Å². The molecule has 0 aliphatic heterocycles. The molecule has 1 N–H and O–H groups in total. The number of rotatable bonds is 4. The van der Waals surface area contributed by atoms with Crippen LogP contribution in [-0.4, -0.2) is 30.2 Å². The van der Waals surface area contributed by atoms with Crippen molar-refractivity contribution in [3.63, 3.8) is 0 Å². The number of nitrogens with one attached hydrogen (secondary N) is 1. The quantitative estimate of drug-likeness (QED) is 0.397. The van der Waals surface area contributed by atoms with Crippen molar-refractivity contribution in [1.29, 1.82) is 0 Å². The minimum atomic E-state index is -2.77. The lowest BCUT2D eigenvalue weighted by Crippen LogP contribution is -2.35. The molecular weight excluding hydrogens is 498 g/mol. The molecule has 0 unspecified atom stereocenters. The van der Waals surface area contributed by atoms with Gasteiger partial charge in [0.15, 0.2) is 5.65 Å².